The molecule has 2 aliphatic heterocycles. The summed E-state index contributed by atoms with van der Waals surface area (Å²) < 4.78 is 30.8. The molecule has 5 rings (SSSR count). The zero-order valence-corrected chi connectivity index (χ0v) is 19.5. The van der Waals surface area contributed by atoms with E-state index in [9.17, 15) is 14.0 Å². The number of halogens is 4. The van der Waals surface area contributed by atoms with Crippen LogP contribution in [0.25, 0.3) is 0 Å². The van der Waals surface area contributed by atoms with E-state index < -0.39 is 23.8 Å². The van der Waals surface area contributed by atoms with Gasteiger partial charge in [0.05, 0.1) is 0 Å². The van der Waals surface area contributed by atoms with E-state index >= 15 is 4.39 Å². The molecule has 1 aromatic carbocycles. The summed E-state index contributed by atoms with van der Waals surface area (Å²) in [5.41, 5.74) is -1.64. The number of anilines is 1. The third-order valence-corrected chi connectivity index (χ3v) is 7.08. The Morgan fingerprint density at radius 3 is 2.70 bits per heavy atom. The minimum Gasteiger partial charge on any atom is -0.352 e. The molecule has 0 fully saturated rings. The molecule has 0 saturated carbocycles. The summed E-state index contributed by atoms with van der Waals surface area (Å²) in [6.45, 7) is 1.68. The number of hydrogen-bond acceptors (Lipinski definition) is 2. The summed E-state index contributed by atoms with van der Waals surface area (Å²) in [5, 5.41) is 6.45. The van der Waals surface area contributed by atoms with Gasteiger partial charge in [-0.25, -0.2) is 8.78 Å². The number of rotatable bonds is 1. The Kier molecular flexibility index (Phi) is 6.78. The average molecular weight is 493 g/mol. The van der Waals surface area contributed by atoms with E-state index in [4.69, 9.17) is 23.2 Å². The van der Waals surface area contributed by atoms with Crippen LogP contribution in [-0.2, 0) is 15.3 Å². The van der Waals surface area contributed by atoms with Gasteiger partial charge in [0.2, 0.25) is 11.8 Å². The largest absolute Gasteiger partial charge is 0.352 e. The summed E-state index contributed by atoms with van der Waals surface area (Å²) >= 11 is 12.4. The zero-order valence-electron chi connectivity index (χ0n) is 18.0. The van der Waals surface area contributed by atoms with Crippen molar-refractivity contribution in [1.29, 1.82) is 0 Å². The van der Waals surface area contributed by atoms with Crippen molar-refractivity contribution < 1.29 is 18.4 Å². The molecule has 2 bridgehead atoms. The van der Waals surface area contributed by atoms with Gasteiger partial charge in [0.15, 0.2) is 5.67 Å². The van der Waals surface area contributed by atoms with E-state index in [2.05, 4.69) is 10.6 Å². The first-order valence-electron chi connectivity index (χ1n) is 10.8. The first-order chi connectivity index (χ1) is 15.7. The Morgan fingerprint density at radius 2 is 1.97 bits per heavy atom. The van der Waals surface area contributed by atoms with Gasteiger partial charge >= 0.3 is 0 Å². The molecule has 4 atom stereocenters. The van der Waals surface area contributed by atoms with Crippen LogP contribution in [0.15, 0.2) is 65.0 Å². The summed E-state index contributed by atoms with van der Waals surface area (Å²) in [6, 6.07) is 4.43. The topological polar surface area (TPSA) is 58.2 Å². The van der Waals surface area contributed by atoms with Crippen LogP contribution in [0.3, 0.4) is 0 Å². The Hall–Kier alpha value is -2.44. The molecule has 4 nitrogen and oxygen atoms in total. The second-order valence-corrected chi connectivity index (χ2v) is 9.70. The number of carbonyl (C=O) groups is 2. The maximum Gasteiger partial charge on any atom is 0.227 e. The SMILES string of the molecule is C[C@H]1C(=O)Nc2cc(Cl)ccc2C2(F)C=CC(=C(F)C2)CNC(=O)CC1C1C=CC=C(Cl)C1. The number of allylic oxidation sites excluding steroid dienone is 6. The number of nitrogens with one attached hydrogen (secondary N) is 2. The quantitative estimate of drug-likeness (QED) is 0.497. The monoisotopic (exact) mass is 492 g/mol. The second-order valence-electron chi connectivity index (χ2n) is 8.78. The first-order valence-corrected chi connectivity index (χ1v) is 11.6. The molecule has 8 heteroatoms. The van der Waals surface area contributed by atoms with Gasteiger partial charge in [-0.2, -0.15) is 0 Å². The lowest BCUT2D eigenvalue weighted by atomic mass is 9.76. The minimum absolute atomic E-state index is 0.0564. The summed E-state index contributed by atoms with van der Waals surface area (Å²) in [4.78, 5) is 26.0. The van der Waals surface area contributed by atoms with Gasteiger partial charge in [-0.15, -0.1) is 0 Å². The molecule has 0 radical (unpaired) electrons. The Morgan fingerprint density at radius 1 is 1.18 bits per heavy atom. The molecule has 174 valence electrons. The lowest BCUT2D eigenvalue weighted by Crippen LogP contribution is -2.37. The highest BCUT2D eigenvalue weighted by Crippen LogP contribution is 2.44. The molecule has 3 unspecified atom stereocenters. The fourth-order valence-corrected chi connectivity index (χ4v) is 5.04. The minimum atomic E-state index is -2.16. The van der Waals surface area contributed by atoms with Gasteiger partial charge in [0, 0.05) is 52.2 Å². The molecule has 2 aliphatic carbocycles. The van der Waals surface area contributed by atoms with E-state index in [0.717, 1.165) is 0 Å². The van der Waals surface area contributed by atoms with Crippen LogP contribution in [0.4, 0.5) is 14.5 Å². The highest BCUT2D eigenvalue weighted by molar-refractivity contribution is 6.31. The smallest absolute Gasteiger partial charge is 0.227 e. The predicted octanol–water partition coefficient (Wildman–Crippen LogP) is 6.10. The van der Waals surface area contributed by atoms with Crippen molar-refractivity contribution in [2.75, 3.05) is 11.9 Å². The van der Waals surface area contributed by atoms with Crippen molar-refractivity contribution in [2.24, 2.45) is 17.8 Å². The van der Waals surface area contributed by atoms with Crippen molar-refractivity contribution in [1.82, 2.24) is 5.32 Å². The Labute approximate surface area is 201 Å². The molecular formula is C25H24Cl2F2N2O2. The van der Waals surface area contributed by atoms with Crippen LogP contribution >= 0.6 is 23.2 Å². The van der Waals surface area contributed by atoms with Crippen LogP contribution in [0, 0.1) is 17.8 Å². The maximum absolute atomic E-state index is 15.9. The molecule has 33 heavy (non-hydrogen) atoms. The number of fused-ring (bicyclic) bond motifs is 8. The molecule has 4 aliphatic rings. The summed E-state index contributed by atoms with van der Waals surface area (Å²) in [5.74, 6) is -2.46. The fraction of sp³-hybridized carbons (Fsp3) is 0.360. The van der Waals surface area contributed by atoms with Crippen molar-refractivity contribution in [3.8, 4) is 0 Å². The van der Waals surface area contributed by atoms with Crippen LogP contribution in [-0.4, -0.2) is 18.4 Å². The zero-order chi connectivity index (χ0) is 23.8. The molecule has 2 N–H and O–H groups in total. The van der Waals surface area contributed by atoms with Crippen molar-refractivity contribution >= 4 is 40.7 Å². The number of amides is 2. The molecule has 0 aromatic heterocycles. The third kappa shape index (κ3) is 5.07. The molecular weight excluding hydrogens is 469 g/mol. The van der Waals surface area contributed by atoms with Gasteiger partial charge in [-0.1, -0.05) is 54.4 Å². The highest BCUT2D eigenvalue weighted by atomic mass is 35.5. The normalized spacial score (nSPS) is 30.3. The highest BCUT2D eigenvalue weighted by Gasteiger charge is 2.38. The lowest BCUT2D eigenvalue weighted by molar-refractivity contribution is -0.125. The van der Waals surface area contributed by atoms with Crippen molar-refractivity contribution in [2.45, 2.75) is 31.9 Å². The standard InChI is InChI=1S/C25H24Cl2F2N2O2/c1-14-19(15-3-2-4-17(26)9-15)11-23(32)30-13-16-7-8-25(29,12-21(16)28)20-6-5-18(27)10-22(20)31-24(14)33/h2-8,10,14-15,19H,9,11-13H2,1H3,(H,30,32)(H,31,33)/t14-,15?,19?,25?/m1/s1. The van der Waals surface area contributed by atoms with Crippen LogP contribution in [0.5, 0.6) is 0 Å². The summed E-state index contributed by atoms with van der Waals surface area (Å²) in [6.07, 6.45) is 8.17. The number of benzene rings is 1. The second kappa shape index (κ2) is 9.43. The van der Waals surface area contributed by atoms with Gasteiger partial charge in [-0.3, -0.25) is 9.59 Å². The van der Waals surface area contributed by atoms with Gasteiger partial charge < -0.3 is 10.6 Å². The molecule has 1 aromatic rings. The maximum atomic E-state index is 15.9. The van der Waals surface area contributed by atoms with E-state index in [0.29, 0.717) is 16.5 Å². The van der Waals surface area contributed by atoms with Crippen LogP contribution in [0.2, 0.25) is 5.02 Å². The van der Waals surface area contributed by atoms with Gasteiger partial charge in [-0.05, 0) is 42.5 Å². The van der Waals surface area contributed by atoms with E-state index in [1.807, 2.05) is 12.2 Å². The summed E-state index contributed by atoms with van der Waals surface area (Å²) in [7, 11) is 0. The number of hydrogen-bond donors (Lipinski definition) is 2. The van der Waals surface area contributed by atoms with E-state index in [-0.39, 0.29) is 53.4 Å². The molecule has 2 heterocycles. The number of alkyl halides is 1. The molecule has 0 saturated heterocycles. The Balaban J connectivity index is 1.75. The molecule has 2 amide bonds. The Bertz CT molecular complexity index is 1110. The third-order valence-electron chi connectivity index (χ3n) is 6.57. The van der Waals surface area contributed by atoms with Crippen molar-refractivity contribution in [3.05, 3.63) is 75.6 Å². The van der Waals surface area contributed by atoms with E-state index in [1.54, 1.807) is 13.0 Å². The molecule has 0 spiro atoms. The van der Waals surface area contributed by atoms with Crippen LogP contribution < -0.4 is 10.6 Å². The average Bonchev–Trinajstić information content (AvgIpc) is 2.76. The van der Waals surface area contributed by atoms with Crippen molar-refractivity contribution in [3.63, 3.8) is 0 Å². The van der Waals surface area contributed by atoms with Gasteiger partial charge in [0.25, 0.3) is 0 Å². The fourth-order valence-electron chi connectivity index (χ4n) is 4.62. The number of carbonyl (C=O) groups excluding carboxylic acids is 2. The van der Waals surface area contributed by atoms with Gasteiger partial charge in [0.1, 0.15) is 5.83 Å². The van der Waals surface area contributed by atoms with Crippen LogP contribution in [0.1, 0.15) is 31.7 Å². The van der Waals surface area contributed by atoms with E-state index in [1.165, 1.54) is 30.4 Å². The predicted molar refractivity (Wildman–Crippen MR) is 126 cm³/mol. The lowest BCUT2D eigenvalue weighted by Gasteiger charge is -2.32. The first kappa shape index (κ1) is 23.7.